The molecule has 14 heavy (non-hydrogen) atoms. The number of benzene rings is 1. The highest BCUT2D eigenvalue weighted by Crippen LogP contribution is 2.25. The minimum Gasteiger partial charge on any atom is -0.307 e. The fourth-order valence-electron chi connectivity index (χ4n) is 1.16. The van der Waals surface area contributed by atoms with Crippen LogP contribution in [0.2, 0.25) is 0 Å². The molecule has 0 bridgehead atoms. The maximum atomic E-state index is 11.4. The predicted octanol–water partition coefficient (Wildman–Crippen LogP) is 1.74. The Labute approximate surface area is 94.6 Å². The van der Waals surface area contributed by atoms with E-state index in [1.54, 1.807) is 12.1 Å². The molecule has 0 unspecified atom stereocenters. The third-order valence-electron chi connectivity index (χ3n) is 1.78. The van der Waals surface area contributed by atoms with E-state index in [1.807, 2.05) is 0 Å². The Bertz CT molecular complexity index is 615. The normalized spacial score (nSPS) is 10.7. The van der Waals surface area contributed by atoms with Crippen LogP contribution in [0.15, 0.2) is 30.7 Å². The van der Waals surface area contributed by atoms with E-state index in [4.69, 9.17) is 0 Å². The summed E-state index contributed by atoms with van der Waals surface area (Å²) in [6, 6.07) is 3.32. The molecule has 0 saturated carbocycles. The van der Waals surface area contributed by atoms with Crippen LogP contribution in [0, 0.1) is 0 Å². The number of H-pyrrole nitrogens is 2. The van der Waals surface area contributed by atoms with Gasteiger partial charge in [-0.25, -0.2) is 4.79 Å². The van der Waals surface area contributed by atoms with Gasteiger partial charge in [0.25, 0.3) is 5.56 Å². The molecule has 72 valence electrons. The third kappa shape index (κ3) is 1.55. The van der Waals surface area contributed by atoms with Gasteiger partial charge in [0.2, 0.25) is 0 Å². The maximum absolute atomic E-state index is 11.4. The molecule has 2 N–H and O–H groups in total. The summed E-state index contributed by atoms with van der Waals surface area (Å²) in [6.45, 7) is 0. The van der Waals surface area contributed by atoms with Gasteiger partial charge >= 0.3 is 5.69 Å². The van der Waals surface area contributed by atoms with Crippen LogP contribution < -0.4 is 11.2 Å². The summed E-state index contributed by atoms with van der Waals surface area (Å²) in [6.07, 6.45) is 0. The first kappa shape index (κ1) is 9.67. The van der Waals surface area contributed by atoms with Crippen molar-refractivity contribution in [2.45, 2.75) is 0 Å². The van der Waals surface area contributed by atoms with E-state index in [2.05, 4.69) is 41.8 Å². The van der Waals surface area contributed by atoms with Crippen molar-refractivity contribution in [3.8, 4) is 0 Å². The second-order valence-electron chi connectivity index (χ2n) is 2.72. The van der Waals surface area contributed by atoms with Gasteiger partial charge in [-0.3, -0.25) is 9.78 Å². The average molecular weight is 320 g/mol. The number of aromatic nitrogens is 2. The average Bonchev–Trinajstić information content (AvgIpc) is 2.08. The number of hydrogen-bond donors (Lipinski definition) is 2. The van der Waals surface area contributed by atoms with E-state index < -0.39 is 11.2 Å². The first-order valence-corrected chi connectivity index (χ1v) is 5.28. The Hall–Kier alpha value is -0.880. The molecule has 0 radical (unpaired) electrons. The highest BCUT2D eigenvalue weighted by molar-refractivity contribution is 9.13. The van der Waals surface area contributed by atoms with Crippen molar-refractivity contribution in [3.63, 3.8) is 0 Å². The first-order valence-electron chi connectivity index (χ1n) is 3.69. The lowest BCUT2D eigenvalue weighted by Crippen LogP contribution is -2.21. The van der Waals surface area contributed by atoms with E-state index in [0.717, 1.165) is 8.95 Å². The van der Waals surface area contributed by atoms with Crippen molar-refractivity contribution < 1.29 is 0 Å². The highest BCUT2D eigenvalue weighted by Gasteiger charge is 2.04. The van der Waals surface area contributed by atoms with Gasteiger partial charge in [0, 0.05) is 8.95 Å². The molecule has 6 heteroatoms. The molecule has 0 aliphatic rings. The number of nitrogens with one attached hydrogen (secondary N) is 2. The van der Waals surface area contributed by atoms with E-state index in [1.165, 1.54) is 0 Å². The molecule has 1 aromatic heterocycles. The Kier molecular flexibility index (Phi) is 2.32. The number of rotatable bonds is 0. The van der Waals surface area contributed by atoms with Crippen LogP contribution in [0.1, 0.15) is 0 Å². The molecule has 0 fully saturated rings. The van der Waals surface area contributed by atoms with Gasteiger partial charge in [0.15, 0.2) is 0 Å². The maximum Gasteiger partial charge on any atom is 0.326 e. The lowest BCUT2D eigenvalue weighted by Gasteiger charge is -1.99. The van der Waals surface area contributed by atoms with Gasteiger partial charge < -0.3 is 4.98 Å². The lowest BCUT2D eigenvalue weighted by atomic mass is 10.2. The zero-order valence-corrected chi connectivity index (χ0v) is 9.90. The van der Waals surface area contributed by atoms with Gasteiger partial charge in [-0.2, -0.15) is 0 Å². The number of halogens is 2. The SMILES string of the molecule is O=c1[nH]c(=O)c2cc(Br)c(Br)cc2[nH]1. The molecular weight excluding hydrogens is 316 g/mol. The summed E-state index contributed by atoms with van der Waals surface area (Å²) < 4.78 is 1.55. The van der Waals surface area contributed by atoms with Crippen molar-refractivity contribution >= 4 is 42.8 Å². The van der Waals surface area contributed by atoms with Crippen molar-refractivity contribution in [2.24, 2.45) is 0 Å². The summed E-state index contributed by atoms with van der Waals surface area (Å²) in [7, 11) is 0. The van der Waals surface area contributed by atoms with Crippen LogP contribution in [-0.2, 0) is 0 Å². The van der Waals surface area contributed by atoms with E-state index >= 15 is 0 Å². The third-order valence-corrected chi connectivity index (χ3v) is 3.62. The molecule has 0 amide bonds. The molecule has 2 aromatic rings. The Morgan fingerprint density at radius 2 is 1.64 bits per heavy atom. The predicted molar refractivity (Wildman–Crippen MR) is 60.6 cm³/mol. The quantitative estimate of drug-likeness (QED) is 0.777. The van der Waals surface area contributed by atoms with Crippen molar-refractivity contribution in [2.75, 3.05) is 0 Å². The molecule has 1 heterocycles. The van der Waals surface area contributed by atoms with Gasteiger partial charge in [0.05, 0.1) is 10.9 Å². The molecule has 4 nitrogen and oxygen atoms in total. The highest BCUT2D eigenvalue weighted by atomic mass is 79.9. The van der Waals surface area contributed by atoms with Crippen LogP contribution >= 0.6 is 31.9 Å². The Morgan fingerprint density at radius 3 is 2.36 bits per heavy atom. The largest absolute Gasteiger partial charge is 0.326 e. The summed E-state index contributed by atoms with van der Waals surface area (Å²) in [5.41, 5.74) is -0.387. The molecule has 0 atom stereocenters. The van der Waals surface area contributed by atoms with Gasteiger partial charge in [-0.15, -0.1) is 0 Å². The molecule has 0 spiro atoms. The van der Waals surface area contributed by atoms with E-state index in [-0.39, 0.29) is 0 Å². The van der Waals surface area contributed by atoms with E-state index in [9.17, 15) is 9.59 Å². The zero-order valence-electron chi connectivity index (χ0n) is 6.73. The standard InChI is InChI=1S/C8H4Br2N2O2/c9-4-1-3-6(2-5(4)10)11-8(14)12-7(3)13/h1-2H,(H2,11,12,13,14). The minimum atomic E-state index is -0.503. The Balaban J connectivity index is 3.03. The summed E-state index contributed by atoms with van der Waals surface area (Å²) in [5.74, 6) is 0. The first-order chi connectivity index (χ1) is 6.58. The second kappa shape index (κ2) is 3.36. The molecule has 0 aliphatic carbocycles. The number of hydrogen-bond acceptors (Lipinski definition) is 2. The van der Waals surface area contributed by atoms with Gasteiger partial charge in [-0.05, 0) is 44.0 Å². The summed E-state index contributed by atoms with van der Waals surface area (Å²) in [5, 5.41) is 0.444. The topological polar surface area (TPSA) is 65.7 Å². The van der Waals surface area contributed by atoms with Crippen LogP contribution in [0.4, 0.5) is 0 Å². The van der Waals surface area contributed by atoms with Crippen molar-refractivity contribution in [1.29, 1.82) is 0 Å². The van der Waals surface area contributed by atoms with Gasteiger partial charge in [0.1, 0.15) is 0 Å². The monoisotopic (exact) mass is 318 g/mol. The lowest BCUT2D eigenvalue weighted by molar-refractivity contribution is 1.08. The number of fused-ring (bicyclic) bond motifs is 1. The van der Waals surface area contributed by atoms with Crippen molar-refractivity contribution in [3.05, 3.63) is 41.9 Å². The van der Waals surface area contributed by atoms with Gasteiger partial charge in [-0.1, -0.05) is 0 Å². The molecule has 2 rings (SSSR count). The molecule has 1 aromatic carbocycles. The molecule has 0 aliphatic heterocycles. The molecular formula is C8H4Br2N2O2. The Morgan fingerprint density at radius 1 is 1.00 bits per heavy atom. The van der Waals surface area contributed by atoms with Crippen LogP contribution in [0.25, 0.3) is 10.9 Å². The van der Waals surface area contributed by atoms with Crippen LogP contribution in [0.3, 0.4) is 0 Å². The van der Waals surface area contributed by atoms with E-state index in [0.29, 0.717) is 10.9 Å². The second-order valence-corrected chi connectivity index (χ2v) is 4.43. The smallest absolute Gasteiger partial charge is 0.307 e. The zero-order chi connectivity index (χ0) is 10.3. The fraction of sp³-hybridized carbons (Fsp3) is 0. The number of aromatic amines is 2. The van der Waals surface area contributed by atoms with Crippen molar-refractivity contribution in [1.82, 2.24) is 9.97 Å². The van der Waals surface area contributed by atoms with Crippen LogP contribution in [-0.4, -0.2) is 9.97 Å². The molecule has 0 saturated heterocycles. The summed E-state index contributed by atoms with van der Waals surface area (Å²) in [4.78, 5) is 27.0. The minimum absolute atomic E-state index is 0.392. The van der Waals surface area contributed by atoms with Crippen LogP contribution in [0.5, 0.6) is 0 Å². The summed E-state index contributed by atoms with van der Waals surface area (Å²) >= 11 is 6.56. The fourth-order valence-corrected chi connectivity index (χ4v) is 1.85.